The summed E-state index contributed by atoms with van der Waals surface area (Å²) in [6, 6.07) is 5.65. The Hall–Kier alpha value is -2.30. The largest absolute Gasteiger partial charge is 0.416 e. The second-order valence-electron chi connectivity index (χ2n) is 6.84. The maximum atomic E-state index is 12.9. The van der Waals surface area contributed by atoms with Gasteiger partial charge in [-0.25, -0.2) is 4.68 Å². The van der Waals surface area contributed by atoms with Gasteiger partial charge in [-0.05, 0) is 41.5 Å². The van der Waals surface area contributed by atoms with E-state index in [1.807, 2.05) is 4.90 Å². The number of carbonyl (C=O) groups is 1. The van der Waals surface area contributed by atoms with Crippen LogP contribution in [0.15, 0.2) is 29.4 Å². The summed E-state index contributed by atoms with van der Waals surface area (Å²) in [6.07, 6.45) is -2.24. The van der Waals surface area contributed by atoms with Crippen LogP contribution in [-0.2, 0) is 11.0 Å². The average molecular weight is 412 g/mol. The minimum absolute atomic E-state index is 0.0148. The van der Waals surface area contributed by atoms with E-state index >= 15 is 0 Å². The average Bonchev–Trinajstić information content (AvgIpc) is 3.43. The van der Waals surface area contributed by atoms with E-state index in [1.54, 1.807) is 15.6 Å². The van der Waals surface area contributed by atoms with Crippen LogP contribution in [0.3, 0.4) is 0 Å². The van der Waals surface area contributed by atoms with Crippen LogP contribution in [0.2, 0.25) is 0 Å². The number of halogens is 3. The molecular formula is C17H19F3N6OS. The maximum Gasteiger partial charge on any atom is 0.416 e. The Morgan fingerprint density at radius 1 is 1.18 bits per heavy atom. The zero-order chi connectivity index (χ0) is 19.7. The van der Waals surface area contributed by atoms with Gasteiger partial charge in [0.15, 0.2) is 0 Å². The monoisotopic (exact) mass is 412 g/mol. The van der Waals surface area contributed by atoms with Crippen LogP contribution in [0, 0.1) is 0 Å². The van der Waals surface area contributed by atoms with Crippen molar-refractivity contribution in [3.05, 3.63) is 29.8 Å². The number of nitrogens with zero attached hydrogens (tertiary/aromatic N) is 6. The molecule has 0 spiro atoms. The fourth-order valence-electron chi connectivity index (χ4n) is 3.14. The topological polar surface area (TPSA) is 67.2 Å². The van der Waals surface area contributed by atoms with Crippen molar-refractivity contribution in [2.75, 3.05) is 36.8 Å². The summed E-state index contributed by atoms with van der Waals surface area (Å²) in [5, 5.41) is 12.3. The standard InChI is InChI=1S/C17H19F3N6OS/c18-17(19,20)12-2-1-3-14(10-12)24-6-8-25(9-7-24)15(27)11-28-16-21-22-23-26(16)13-4-5-13/h1-3,10,13H,4-9,11H2. The molecular weight excluding hydrogens is 393 g/mol. The predicted molar refractivity (Wildman–Crippen MR) is 97.0 cm³/mol. The Morgan fingerprint density at radius 2 is 1.93 bits per heavy atom. The molecule has 1 saturated heterocycles. The number of rotatable bonds is 5. The maximum absolute atomic E-state index is 12.9. The number of alkyl halides is 3. The SMILES string of the molecule is O=C(CSc1nnnn1C1CC1)N1CCN(c2cccc(C(F)(F)F)c2)CC1. The highest BCUT2D eigenvalue weighted by Gasteiger charge is 2.31. The van der Waals surface area contributed by atoms with Crippen LogP contribution in [0.25, 0.3) is 0 Å². The smallest absolute Gasteiger partial charge is 0.368 e. The van der Waals surface area contributed by atoms with Crippen molar-refractivity contribution in [1.29, 1.82) is 0 Å². The first-order valence-electron chi connectivity index (χ1n) is 9.02. The summed E-state index contributed by atoms with van der Waals surface area (Å²) < 4.78 is 40.5. The Kier molecular flexibility index (Phi) is 5.17. The van der Waals surface area contributed by atoms with E-state index in [1.165, 1.54) is 17.8 Å². The predicted octanol–water partition coefficient (Wildman–Crippen LogP) is 2.47. The van der Waals surface area contributed by atoms with E-state index < -0.39 is 11.7 Å². The van der Waals surface area contributed by atoms with Gasteiger partial charge in [0, 0.05) is 31.9 Å². The molecule has 1 amide bonds. The first-order valence-corrected chi connectivity index (χ1v) is 10.0. The highest BCUT2D eigenvalue weighted by molar-refractivity contribution is 7.99. The molecule has 150 valence electrons. The Balaban J connectivity index is 1.30. The molecule has 1 aliphatic carbocycles. The lowest BCUT2D eigenvalue weighted by Crippen LogP contribution is -2.49. The lowest BCUT2D eigenvalue weighted by molar-refractivity contribution is -0.137. The third kappa shape index (κ3) is 4.23. The van der Waals surface area contributed by atoms with Crippen molar-refractivity contribution in [2.45, 2.75) is 30.2 Å². The minimum atomic E-state index is -4.36. The molecule has 4 rings (SSSR count). The quantitative estimate of drug-likeness (QED) is 0.703. The molecule has 11 heteroatoms. The van der Waals surface area contributed by atoms with Crippen molar-refractivity contribution in [1.82, 2.24) is 25.1 Å². The number of carbonyl (C=O) groups excluding carboxylic acids is 1. The van der Waals surface area contributed by atoms with Gasteiger partial charge in [0.25, 0.3) is 0 Å². The van der Waals surface area contributed by atoms with Crippen molar-refractivity contribution in [3.63, 3.8) is 0 Å². The molecule has 1 aliphatic heterocycles. The molecule has 1 saturated carbocycles. The van der Waals surface area contributed by atoms with Gasteiger partial charge in [-0.15, -0.1) is 5.10 Å². The van der Waals surface area contributed by atoms with Crippen LogP contribution in [0.1, 0.15) is 24.4 Å². The van der Waals surface area contributed by atoms with E-state index in [-0.39, 0.29) is 11.7 Å². The summed E-state index contributed by atoms with van der Waals surface area (Å²) in [5.41, 5.74) is -0.131. The number of hydrogen-bond donors (Lipinski definition) is 0. The molecule has 2 fully saturated rings. The first kappa shape index (κ1) is 19.0. The van der Waals surface area contributed by atoms with Gasteiger partial charge in [-0.2, -0.15) is 13.2 Å². The van der Waals surface area contributed by atoms with E-state index in [4.69, 9.17) is 0 Å². The number of amides is 1. The molecule has 28 heavy (non-hydrogen) atoms. The number of thioether (sulfide) groups is 1. The van der Waals surface area contributed by atoms with E-state index in [9.17, 15) is 18.0 Å². The normalized spacial score (nSPS) is 17.8. The number of tetrazole rings is 1. The van der Waals surface area contributed by atoms with Gasteiger partial charge in [-0.3, -0.25) is 4.79 Å². The summed E-state index contributed by atoms with van der Waals surface area (Å²) >= 11 is 1.32. The Bertz CT molecular complexity index is 845. The van der Waals surface area contributed by atoms with Crippen LogP contribution >= 0.6 is 11.8 Å². The molecule has 1 aromatic heterocycles. The van der Waals surface area contributed by atoms with Gasteiger partial charge in [0.1, 0.15) is 0 Å². The lowest BCUT2D eigenvalue weighted by Gasteiger charge is -2.36. The van der Waals surface area contributed by atoms with E-state index in [2.05, 4.69) is 15.5 Å². The fourth-order valence-corrected chi connectivity index (χ4v) is 3.99. The number of hydrogen-bond acceptors (Lipinski definition) is 6. The van der Waals surface area contributed by atoms with Crippen molar-refractivity contribution >= 4 is 23.4 Å². The molecule has 2 aliphatic rings. The summed E-state index contributed by atoms with van der Waals surface area (Å²) in [5.74, 6) is 0.232. The number of aromatic nitrogens is 4. The number of benzene rings is 1. The van der Waals surface area contributed by atoms with Gasteiger partial charge in [0.05, 0.1) is 17.4 Å². The lowest BCUT2D eigenvalue weighted by atomic mass is 10.1. The molecule has 7 nitrogen and oxygen atoms in total. The third-order valence-corrected chi connectivity index (χ3v) is 5.77. The Labute approximate surface area is 163 Å². The van der Waals surface area contributed by atoms with Gasteiger partial charge in [0.2, 0.25) is 11.1 Å². The van der Waals surface area contributed by atoms with Crippen molar-refractivity contribution in [3.8, 4) is 0 Å². The van der Waals surface area contributed by atoms with Crippen LogP contribution in [0.5, 0.6) is 0 Å². The highest BCUT2D eigenvalue weighted by atomic mass is 32.2. The number of anilines is 1. The Morgan fingerprint density at radius 3 is 2.61 bits per heavy atom. The van der Waals surface area contributed by atoms with Gasteiger partial charge in [-0.1, -0.05) is 17.8 Å². The summed E-state index contributed by atoms with van der Waals surface area (Å²) in [4.78, 5) is 16.1. The third-order valence-electron chi connectivity index (χ3n) is 4.85. The van der Waals surface area contributed by atoms with Crippen LogP contribution in [0.4, 0.5) is 18.9 Å². The van der Waals surface area contributed by atoms with Gasteiger partial charge < -0.3 is 9.80 Å². The second kappa shape index (κ2) is 7.61. The number of piperazine rings is 1. The molecule has 0 unspecified atom stereocenters. The molecule has 0 radical (unpaired) electrons. The second-order valence-corrected chi connectivity index (χ2v) is 7.78. The van der Waals surface area contributed by atoms with Crippen molar-refractivity contribution in [2.24, 2.45) is 0 Å². The summed E-state index contributed by atoms with van der Waals surface area (Å²) in [6.45, 7) is 1.95. The molecule has 0 N–H and O–H groups in total. The van der Waals surface area contributed by atoms with Gasteiger partial charge >= 0.3 is 6.18 Å². The summed E-state index contributed by atoms with van der Waals surface area (Å²) in [7, 11) is 0. The highest BCUT2D eigenvalue weighted by Crippen LogP contribution is 2.36. The molecule has 2 aromatic rings. The molecule has 1 aromatic carbocycles. The molecule has 0 atom stereocenters. The van der Waals surface area contributed by atoms with Crippen molar-refractivity contribution < 1.29 is 18.0 Å². The minimum Gasteiger partial charge on any atom is -0.368 e. The first-order chi connectivity index (χ1) is 13.4. The molecule has 0 bridgehead atoms. The zero-order valence-corrected chi connectivity index (χ0v) is 15.8. The van der Waals surface area contributed by atoms with Crippen LogP contribution < -0.4 is 4.90 Å². The van der Waals surface area contributed by atoms with Crippen LogP contribution in [-0.4, -0.2) is 62.9 Å². The van der Waals surface area contributed by atoms with E-state index in [0.717, 1.165) is 25.0 Å². The zero-order valence-electron chi connectivity index (χ0n) is 15.0. The van der Waals surface area contributed by atoms with E-state index in [0.29, 0.717) is 43.1 Å². The fraction of sp³-hybridized carbons (Fsp3) is 0.529. The molecule has 2 heterocycles.